The van der Waals surface area contributed by atoms with Gasteiger partial charge in [-0.3, -0.25) is 14.3 Å². The molecule has 1 N–H and O–H groups in total. The van der Waals surface area contributed by atoms with E-state index in [2.05, 4.69) is 17.0 Å². The molecule has 3 rings (SSSR count). The van der Waals surface area contributed by atoms with Gasteiger partial charge in [0.1, 0.15) is 17.5 Å². The van der Waals surface area contributed by atoms with E-state index in [1.54, 1.807) is 11.9 Å². The highest BCUT2D eigenvalue weighted by Gasteiger charge is 2.28. The molecule has 0 spiro atoms. The van der Waals surface area contributed by atoms with Crippen LogP contribution in [0, 0.1) is 17.6 Å². The Morgan fingerprint density at radius 1 is 1.33 bits per heavy atom. The third-order valence-corrected chi connectivity index (χ3v) is 4.62. The molecule has 0 aliphatic carbocycles. The number of halogens is 2. The number of piperidine rings is 1. The Hall–Kier alpha value is -3.03. The fraction of sp³-hybridized carbons (Fsp3) is 0.316. The number of carbonyl (C=O) groups excluding carboxylic acids is 2. The van der Waals surface area contributed by atoms with Crippen LogP contribution in [0.15, 0.2) is 36.9 Å². The number of anilines is 1. The largest absolute Gasteiger partial charge is 0.338 e. The number of carbonyl (C=O) groups is 2. The quantitative estimate of drug-likeness (QED) is 0.837. The lowest BCUT2D eigenvalue weighted by molar-refractivity contribution is -0.130. The van der Waals surface area contributed by atoms with Gasteiger partial charge in [-0.2, -0.15) is 5.10 Å². The Morgan fingerprint density at radius 3 is 2.81 bits per heavy atom. The smallest absolute Gasteiger partial charge is 0.245 e. The Kier molecular flexibility index (Phi) is 5.34. The molecule has 27 heavy (non-hydrogen) atoms. The molecule has 1 aromatic carbocycles. The summed E-state index contributed by atoms with van der Waals surface area (Å²) in [7, 11) is 1.62. The van der Waals surface area contributed by atoms with Gasteiger partial charge in [0, 0.05) is 37.8 Å². The fourth-order valence-corrected chi connectivity index (χ4v) is 3.16. The second-order valence-corrected chi connectivity index (χ2v) is 6.48. The second kappa shape index (κ2) is 7.69. The maximum Gasteiger partial charge on any atom is 0.245 e. The molecule has 8 heteroatoms. The van der Waals surface area contributed by atoms with E-state index in [1.165, 1.54) is 22.9 Å². The van der Waals surface area contributed by atoms with Crippen LogP contribution in [-0.2, 0) is 16.6 Å². The van der Waals surface area contributed by atoms with Gasteiger partial charge in [0.2, 0.25) is 11.8 Å². The number of hydrogen-bond donors (Lipinski definition) is 1. The Labute approximate surface area is 155 Å². The first-order chi connectivity index (χ1) is 12.9. The van der Waals surface area contributed by atoms with Gasteiger partial charge >= 0.3 is 0 Å². The van der Waals surface area contributed by atoms with Crippen molar-refractivity contribution in [3.8, 4) is 11.3 Å². The van der Waals surface area contributed by atoms with Crippen molar-refractivity contribution in [3.05, 3.63) is 48.6 Å². The van der Waals surface area contributed by atoms with E-state index in [0.29, 0.717) is 25.3 Å². The van der Waals surface area contributed by atoms with Crippen LogP contribution in [0.5, 0.6) is 0 Å². The van der Waals surface area contributed by atoms with E-state index < -0.39 is 11.6 Å². The molecule has 6 nitrogen and oxygen atoms in total. The van der Waals surface area contributed by atoms with Crippen LogP contribution in [0.1, 0.15) is 12.8 Å². The summed E-state index contributed by atoms with van der Waals surface area (Å²) in [4.78, 5) is 26.0. The average molecular weight is 374 g/mol. The first-order valence-electron chi connectivity index (χ1n) is 8.60. The molecular formula is C19H20F2N4O2. The molecule has 1 fully saturated rings. The van der Waals surface area contributed by atoms with Gasteiger partial charge in [-0.1, -0.05) is 6.58 Å². The maximum atomic E-state index is 14.0. The minimum atomic E-state index is -0.725. The zero-order chi connectivity index (χ0) is 19.6. The number of hydrogen-bond acceptors (Lipinski definition) is 3. The Balaban J connectivity index is 1.74. The van der Waals surface area contributed by atoms with Gasteiger partial charge in [-0.25, -0.2) is 8.78 Å². The first kappa shape index (κ1) is 18.8. The number of benzene rings is 1. The number of amides is 2. The van der Waals surface area contributed by atoms with Crippen molar-refractivity contribution >= 4 is 17.6 Å². The van der Waals surface area contributed by atoms with E-state index in [4.69, 9.17) is 0 Å². The van der Waals surface area contributed by atoms with Crippen molar-refractivity contribution in [3.63, 3.8) is 0 Å². The van der Waals surface area contributed by atoms with Crippen LogP contribution < -0.4 is 5.32 Å². The standard InChI is InChI=1S/C19H20F2N4O2/c1-3-18(26)25-8-4-5-12(11-25)19(27)22-17-10-16(23-24(17)2)14-7-6-13(20)9-15(14)21/h3,6-7,9-10,12H,1,4-5,8,11H2,2H3,(H,22,27). The van der Waals surface area contributed by atoms with Crippen molar-refractivity contribution in [1.82, 2.24) is 14.7 Å². The lowest BCUT2D eigenvalue weighted by Crippen LogP contribution is -2.43. The molecule has 1 unspecified atom stereocenters. The van der Waals surface area contributed by atoms with Crippen molar-refractivity contribution in [2.45, 2.75) is 12.8 Å². The molecule has 142 valence electrons. The van der Waals surface area contributed by atoms with Crippen molar-refractivity contribution in [1.29, 1.82) is 0 Å². The van der Waals surface area contributed by atoms with Crippen LogP contribution in [0.2, 0.25) is 0 Å². The summed E-state index contributed by atoms with van der Waals surface area (Å²) in [5.41, 5.74) is 0.435. The minimum absolute atomic E-state index is 0.146. The molecular weight excluding hydrogens is 354 g/mol. The Bertz CT molecular complexity index is 894. The molecule has 0 bridgehead atoms. The van der Waals surface area contributed by atoms with Gasteiger partial charge < -0.3 is 10.2 Å². The molecule has 2 heterocycles. The number of likely N-dealkylation sites (tertiary alicyclic amines) is 1. The summed E-state index contributed by atoms with van der Waals surface area (Å²) >= 11 is 0. The number of aromatic nitrogens is 2. The molecule has 0 radical (unpaired) electrons. The van der Waals surface area contributed by atoms with Gasteiger partial charge in [-0.05, 0) is 31.1 Å². The second-order valence-electron chi connectivity index (χ2n) is 6.48. The zero-order valence-corrected chi connectivity index (χ0v) is 14.9. The Morgan fingerprint density at radius 2 is 2.11 bits per heavy atom. The van der Waals surface area contributed by atoms with Gasteiger partial charge in [0.15, 0.2) is 0 Å². The van der Waals surface area contributed by atoms with E-state index >= 15 is 0 Å². The highest BCUT2D eigenvalue weighted by atomic mass is 19.1. The maximum absolute atomic E-state index is 14.0. The van der Waals surface area contributed by atoms with Gasteiger partial charge in [0.25, 0.3) is 0 Å². The number of aryl methyl sites for hydroxylation is 1. The highest BCUT2D eigenvalue weighted by Crippen LogP contribution is 2.26. The molecule has 1 atom stereocenters. The molecule has 2 aromatic rings. The van der Waals surface area contributed by atoms with Crippen LogP contribution >= 0.6 is 0 Å². The summed E-state index contributed by atoms with van der Waals surface area (Å²) < 4.78 is 28.5. The average Bonchev–Trinajstić information content (AvgIpc) is 3.01. The van der Waals surface area contributed by atoms with Gasteiger partial charge in [0.05, 0.1) is 11.6 Å². The molecule has 0 saturated carbocycles. The number of nitrogens with one attached hydrogen (secondary N) is 1. The summed E-state index contributed by atoms with van der Waals surface area (Å²) in [6.07, 6.45) is 2.64. The van der Waals surface area contributed by atoms with Crippen LogP contribution in [0.25, 0.3) is 11.3 Å². The topological polar surface area (TPSA) is 67.2 Å². The van der Waals surface area contributed by atoms with Crippen LogP contribution in [-0.4, -0.2) is 39.6 Å². The minimum Gasteiger partial charge on any atom is -0.338 e. The lowest BCUT2D eigenvalue weighted by atomic mass is 9.97. The molecule has 1 aliphatic heterocycles. The van der Waals surface area contributed by atoms with Crippen molar-refractivity contribution < 1.29 is 18.4 Å². The molecule has 1 aliphatic rings. The third-order valence-electron chi connectivity index (χ3n) is 4.62. The zero-order valence-electron chi connectivity index (χ0n) is 14.9. The lowest BCUT2D eigenvalue weighted by Gasteiger charge is -2.31. The number of nitrogens with zero attached hydrogens (tertiary/aromatic N) is 3. The molecule has 1 aromatic heterocycles. The summed E-state index contributed by atoms with van der Waals surface area (Å²) in [6, 6.07) is 4.77. The van der Waals surface area contributed by atoms with Gasteiger partial charge in [-0.15, -0.1) is 0 Å². The third kappa shape index (κ3) is 4.05. The highest BCUT2D eigenvalue weighted by molar-refractivity contribution is 5.93. The molecule has 1 saturated heterocycles. The van der Waals surface area contributed by atoms with Crippen molar-refractivity contribution in [2.24, 2.45) is 13.0 Å². The van der Waals surface area contributed by atoms with E-state index in [0.717, 1.165) is 18.6 Å². The SMILES string of the molecule is C=CC(=O)N1CCCC(C(=O)Nc2cc(-c3ccc(F)cc3F)nn2C)C1. The summed E-state index contributed by atoms with van der Waals surface area (Å²) in [5, 5.41) is 6.97. The normalized spacial score (nSPS) is 16.9. The van der Waals surface area contributed by atoms with Crippen LogP contribution in [0.4, 0.5) is 14.6 Å². The van der Waals surface area contributed by atoms with E-state index in [1.807, 2.05) is 0 Å². The monoisotopic (exact) mass is 374 g/mol. The summed E-state index contributed by atoms with van der Waals surface area (Å²) in [5.74, 6) is -1.77. The van der Waals surface area contributed by atoms with Crippen LogP contribution in [0.3, 0.4) is 0 Å². The first-order valence-corrected chi connectivity index (χ1v) is 8.60. The molecule has 2 amide bonds. The fourth-order valence-electron chi connectivity index (χ4n) is 3.16. The number of rotatable bonds is 4. The predicted octanol–water partition coefficient (Wildman–Crippen LogP) is 2.73. The van der Waals surface area contributed by atoms with Crippen molar-refractivity contribution in [2.75, 3.05) is 18.4 Å². The summed E-state index contributed by atoms with van der Waals surface area (Å²) in [6.45, 7) is 4.40. The van der Waals surface area contributed by atoms with E-state index in [-0.39, 0.29) is 29.0 Å². The predicted molar refractivity (Wildman–Crippen MR) is 96.7 cm³/mol. The van der Waals surface area contributed by atoms with E-state index in [9.17, 15) is 18.4 Å².